The second-order valence-corrected chi connectivity index (χ2v) is 6.78. The molecule has 112 valence electrons. The van der Waals surface area contributed by atoms with Crippen LogP contribution >= 0.6 is 0 Å². The van der Waals surface area contributed by atoms with Gasteiger partial charge in [0.1, 0.15) is 0 Å². The molecule has 4 unspecified atom stereocenters. The topological polar surface area (TPSA) is 24.9 Å². The Balaban J connectivity index is 2.22. The molecule has 1 aromatic rings. The molecule has 1 aromatic heterocycles. The van der Waals surface area contributed by atoms with E-state index < -0.39 is 0 Å². The molecule has 1 saturated carbocycles. The van der Waals surface area contributed by atoms with Crippen LogP contribution in [0.4, 0.5) is 0 Å². The van der Waals surface area contributed by atoms with Crippen LogP contribution in [0.3, 0.4) is 0 Å². The van der Waals surface area contributed by atoms with E-state index in [1.807, 2.05) is 6.20 Å². The van der Waals surface area contributed by atoms with E-state index in [-0.39, 0.29) is 0 Å². The number of nitrogens with zero attached hydrogens (tertiary/aromatic N) is 1. The Morgan fingerprint density at radius 3 is 2.60 bits per heavy atom. The zero-order valence-corrected chi connectivity index (χ0v) is 13.7. The molecule has 1 fully saturated rings. The van der Waals surface area contributed by atoms with Gasteiger partial charge in [-0.25, -0.2) is 0 Å². The van der Waals surface area contributed by atoms with Gasteiger partial charge in [0, 0.05) is 6.20 Å². The highest BCUT2D eigenvalue weighted by Gasteiger charge is 2.31. The van der Waals surface area contributed by atoms with Gasteiger partial charge >= 0.3 is 0 Å². The summed E-state index contributed by atoms with van der Waals surface area (Å²) in [5.41, 5.74) is 3.86. The second-order valence-electron chi connectivity index (χ2n) is 6.78. The van der Waals surface area contributed by atoms with E-state index in [0.717, 1.165) is 24.3 Å². The van der Waals surface area contributed by atoms with Crippen LogP contribution in [-0.4, -0.2) is 11.5 Å². The maximum atomic E-state index is 4.75. The van der Waals surface area contributed by atoms with Crippen LogP contribution in [0.1, 0.15) is 62.9 Å². The van der Waals surface area contributed by atoms with Gasteiger partial charge in [-0.15, -0.1) is 0 Å². The molecule has 1 aliphatic rings. The summed E-state index contributed by atoms with van der Waals surface area (Å²) < 4.78 is 0. The lowest BCUT2D eigenvalue weighted by Gasteiger charge is -2.37. The summed E-state index contributed by atoms with van der Waals surface area (Å²) in [6.45, 7) is 12.4. The first-order valence-corrected chi connectivity index (χ1v) is 8.19. The summed E-state index contributed by atoms with van der Waals surface area (Å²) in [4.78, 5) is 4.75. The highest BCUT2D eigenvalue weighted by molar-refractivity contribution is 5.26. The van der Waals surface area contributed by atoms with Gasteiger partial charge in [0.25, 0.3) is 0 Å². The summed E-state index contributed by atoms with van der Waals surface area (Å²) >= 11 is 0. The normalized spacial score (nSPS) is 28.4. The molecule has 1 heterocycles. The van der Waals surface area contributed by atoms with Gasteiger partial charge < -0.3 is 5.32 Å². The summed E-state index contributed by atoms with van der Waals surface area (Å²) in [6.07, 6.45) is 6.03. The molecule has 0 aromatic carbocycles. The van der Waals surface area contributed by atoms with Crippen molar-refractivity contribution in [1.82, 2.24) is 10.3 Å². The minimum absolute atomic E-state index is 0.426. The zero-order chi connectivity index (χ0) is 14.7. The highest BCUT2D eigenvalue weighted by Crippen LogP contribution is 2.40. The van der Waals surface area contributed by atoms with Gasteiger partial charge in [-0.3, -0.25) is 4.98 Å². The smallest absolute Gasteiger partial charge is 0.0605 e. The molecule has 2 nitrogen and oxygen atoms in total. The van der Waals surface area contributed by atoms with Gasteiger partial charge in [0.15, 0.2) is 0 Å². The Labute approximate surface area is 124 Å². The van der Waals surface area contributed by atoms with Crippen LogP contribution in [0, 0.1) is 31.6 Å². The SMILES string of the molecule is CCNC(c1ncc(C)cc1C)C1CCC(C)C(C)C1. The molecule has 0 bridgehead atoms. The van der Waals surface area contributed by atoms with Crippen LogP contribution in [0.2, 0.25) is 0 Å². The van der Waals surface area contributed by atoms with Crippen LogP contribution in [0.5, 0.6) is 0 Å². The lowest BCUT2D eigenvalue weighted by atomic mass is 9.72. The second kappa shape index (κ2) is 6.71. The molecule has 0 saturated heterocycles. The largest absolute Gasteiger partial charge is 0.309 e. The van der Waals surface area contributed by atoms with Crippen molar-refractivity contribution in [2.45, 2.75) is 59.9 Å². The Bertz CT molecular complexity index is 441. The van der Waals surface area contributed by atoms with Gasteiger partial charge in [0.05, 0.1) is 11.7 Å². The zero-order valence-electron chi connectivity index (χ0n) is 13.7. The standard InChI is InChI=1S/C18H30N2/c1-6-19-18(16-8-7-13(3)14(4)10-16)17-15(5)9-12(2)11-20-17/h9,11,13-14,16,18-19H,6-8,10H2,1-5H3. The van der Waals surface area contributed by atoms with Gasteiger partial charge in [-0.05, 0) is 62.1 Å². The summed E-state index contributed by atoms with van der Waals surface area (Å²) in [7, 11) is 0. The van der Waals surface area contributed by atoms with Crippen LogP contribution in [0.15, 0.2) is 12.3 Å². The molecular formula is C18H30N2. The molecular weight excluding hydrogens is 244 g/mol. The molecule has 0 radical (unpaired) electrons. The Hall–Kier alpha value is -0.890. The fraction of sp³-hybridized carbons (Fsp3) is 0.722. The van der Waals surface area contributed by atoms with Gasteiger partial charge in [-0.1, -0.05) is 33.3 Å². The molecule has 20 heavy (non-hydrogen) atoms. The van der Waals surface area contributed by atoms with Crippen molar-refractivity contribution in [3.05, 3.63) is 29.1 Å². The first-order valence-electron chi connectivity index (χ1n) is 8.19. The van der Waals surface area contributed by atoms with Crippen molar-refractivity contribution < 1.29 is 0 Å². The third kappa shape index (κ3) is 3.41. The molecule has 2 heteroatoms. The quantitative estimate of drug-likeness (QED) is 0.879. The maximum absolute atomic E-state index is 4.75. The van der Waals surface area contributed by atoms with Crippen molar-refractivity contribution in [2.24, 2.45) is 17.8 Å². The average Bonchev–Trinajstić information content (AvgIpc) is 2.40. The highest BCUT2D eigenvalue weighted by atomic mass is 14.9. The first-order chi connectivity index (χ1) is 9.52. The van der Waals surface area contributed by atoms with E-state index in [9.17, 15) is 0 Å². The van der Waals surface area contributed by atoms with Gasteiger partial charge in [0.2, 0.25) is 0 Å². The average molecular weight is 274 g/mol. The van der Waals surface area contributed by atoms with E-state index >= 15 is 0 Å². The molecule has 0 amide bonds. The predicted octanol–water partition coefficient (Wildman–Crippen LogP) is 4.42. The van der Waals surface area contributed by atoms with E-state index in [0.29, 0.717) is 6.04 Å². The van der Waals surface area contributed by atoms with Gasteiger partial charge in [-0.2, -0.15) is 0 Å². The number of nitrogens with one attached hydrogen (secondary N) is 1. The predicted molar refractivity (Wildman–Crippen MR) is 85.8 cm³/mol. The fourth-order valence-corrected chi connectivity index (χ4v) is 3.65. The van der Waals surface area contributed by atoms with Crippen molar-refractivity contribution >= 4 is 0 Å². The lowest BCUT2D eigenvalue weighted by Crippen LogP contribution is -2.34. The van der Waals surface area contributed by atoms with Crippen molar-refractivity contribution in [3.63, 3.8) is 0 Å². The van der Waals surface area contributed by atoms with Crippen LogP contribution in [0.25, 0.3) is 0 Å². The van der Waals surface area contributed by atoms with Crippen molar-refractivity contribution in [1.29, 1.82) is 0 Å². The number of aryl methyl sites for hydroxylation is 2. The van der Waals surface area contributed by atoms with Crippen LogP contribution < -0.4 is 5.32 Å². The summed E-state index contributed by atoms with van der Waals surface area (Å²) in [5, 5.41) is 3.70. The van der Waals surface area contributed by atoms with Crippen molar-refractivity contribution in [2.75, 3.05) is 6.54 Å². The molecule has 4 atom stereocenters. The molecule has 2 rings (SSSR count). The Morgan fingerprint density at radius 2 is 2.00 bits per heavy atom. The van der Waals surface area contributed by atoms with E-state index in [2.05, 4.69) is 46.0 Å². The third-order valence-corrected chi connectivity index (χ3v) is 5.08. The molecule has 1 aliphatic carbocycles. The molecule has 1 N–H and O–H groups in total. The van der Waals surface area contributed by atoms with E-state index in [1.165, 1.54) is 36.1 Å². The first kappa shape index (κ1) is 15.5. The Kier molecular flexibility index (Phi) is 5.20. The number of aromatic nitrogens is 1. The molecule has 0 spiro atoms. The number of rotatable bonds is 4. The van der Waals surface area contributed by atoms with E-state index in [4.69, 9.17) is 4.98 Å². The minimum Gasteiger partial charge on any atom is -0.309 e. The number of hydrogen-bond acceptors (Lipinski definition) is 2. The number of hydrogen-bond donors (Lipinski definition) is 1. The van der Waals surface area contributed by atoms with Crippen LogP contribution in [-0.2, 0) is 0 Å². The maximum Gasteiger partial charge on any atom is 0.0605 e. The summed E-state index contributed by atoms with van der Waals surface area (Å²) in [6, 6.07) is 2.69. The van der Waals surface area contributed by atoms with E-state index in [1.54, 1.807) is 0 Å². The monoisotopic (exact) mass is 274 g/mol. The lowest BCUT2D eigenvalue weighted by molar-refractivity contribution is 0.170. The third-order valence-electron chi connectivity index (χ3n) is 5.08. The number of pyridine rings is 1. The molecule has 0 aliphatic heterocycles. The summed E-state index contributed by atoms with van der Waals surface area (Å²) in [5.74, 6) is 2.44. The van der Waals surface area contributed by atoms with Crippen molar-refractivity contribution in [3.8, 4) is 0 Å². The fourth-order valence-electron chi connectivity index (χ4n) is 3.65. The Morgan fingerprint density at radius 1 is 1.25 bits per heavy atom. The minimum atomic E-state index is 0.426.